The average molecular weight is 383 g/mol. The summed E-state index contributed by atoms with van der Waals surface area (Å²) < 4.78 is 0. The maximum atomic E-state index is 5.73. The average Bonchev–Trinajstić information content (AvgIpc) is 3.25. The second-order valence-electron chi connectivity index (χ2n) is 6.86. The summed E-state index contributed by atoms with van der Waals surface area (Å²) in [6, 6.07) is 26.3. The Bertz CT molecular complexity index is 1030. The van der Waals surface area contributed by atoms with Gasteiger partial charge in [0.2, 0.25) is 0 Å². The van der Waals surface area contributed by atoms with Gasteiger partial charge in [0.1, 0.15) is 0 Å². The smallest absolute Gasteiger partial charge is 0.0665 e. The van der Waals surface area contributed by atoms with Crippen LogP contribution in [0.2, 0.25) is 0 Å². The van der Waals surface area contributed by atoms with E-state index in [2.05, 4.69) is 53.5 Å². The molecule has 5 N–H and O–H groups in total. The van der Waals surface area contributed by atoms with Crippen LogP contribution >= 0.6 is 0 Å². The molecular formula is C25H26N4. The van der Waals surface area contributed by atoms with Crippen molar-refractivity contribution in [2.75, 3.05) is 11.5 Å². The van der Waals surface area contributed by atoms with Crippen molar-refractivity contribution in [1.82, 2.24) is 10.2 Å². The summed E-state index contributed by atoms with van der Waals surface area (Å²) >= 11 is 0. The minimum absolute atomic E-state index is 0.621. The van der Waals surface area contributed by atoms with E-state index >= 15 is 0 Å². The molecule has 0 spiro atoms. The third-order valence-corrected chi connectivity index (χ3v) is 4.44. The monoisotopic (exact) mass is 382 g/mol. The highest BCUT2D eigenvalue weighted by Gasteiger charge is 1.97. The Kier molecular flexibility index (Phi) is 6.85. The van der Waals surface area contributed by atoms with Crippen molar-refractivity contribution in [2.45, 2.75) is 13.3 Å². The van der Waals surface area contributed by atoms with Gasteiger partial charge in [-0.3, -0.25) is 5.10 Å². The lowest BCUT2D eigenvalue weighted by atomic mass is 10.1. The van der Waals surface area contributed by atoms with E-state index in [-0.39, 0.29) is 0 Å². The lowest BCUT2D eigenvalue weighted by Crippen LogP contribution is -1.93. The van der Waals surface area contributed by atoms with E-state index in [1.807, 2.05) is 60.8 Å². The Morgan fingerprint density at radius 1 is 0.793 bits per heavy atom. The highest BCUT2D eigenvalue weighted by atomic mass is 15.1. The lowest BCUT2D eigenvalue weighted by molar-refractivity contribution is 0.996. The van der Waals surface area contributed by atoms with Crippen molar-refractivity contribution in [3.8, 4) is 0 Å². The van der Waals surface area contributed by atoms with Gasteiger partial charge in [-0.2, -0.15) is 5.10 Å². The number of rotatable bonds is 4. The molecule has 4 aromatic rings. The molecule has 1 heterocycles. The number of aryl methyl sites for hydroxylation is 1. The number of aromatic nitrogens is 2. The number of nitrogen functional groups attached to an aromatic ring is 2. The largest absolute Gasteiger partial charge is 0.397 e. The molecule has 0 radical (unpaired) electrons. The van der Waals surface area contributed by atoms with E-state index in [9.17, 15) is 0 Å². The summed E-state index contributed by atoms with van der Waals surface area (Å²) in [5, 5.41) is 6.92. The van der Waals surface area contributed by atoms with Crippen molar-refractivity contribution < 1.29 is 0 Å². The molecule has 0 aliphatic rings. The fourth-order valence-corrected chi connectivity index (χ4v) is 2.76. The van der Waals surface area contributed by atoms with Crippen LogP contribution in [0.25, 0.3) is 12.2 Å². The van der Waals surface area contributed by atoms with Crippen molar-refractivity contribution in [3.05, 3.63) is 113 Å². The first-order valence-corrected chi connectivity index (χ1v) is 9.52. The van der Waals surface area contributed by atoms with E-state index in [0.717, 1.165) is 23.2 Å². The predicted octanol–water partition coefficient (Wildman–Crippen LogP) is 5.33. The number of benzene rings is 3. The molecule has 0 amide bonds. The van der Waals surface area contributed by atoms with E-state index in [4.69, 9.17) is 11.5 Å². The fraction of sp³-hybridized carbons (Fsp3) is 0.0800. The second kappa shape index (κ2) is 9.95. The molecule has 0 atom stereocenters. The molecule has 0 unspecified atom stereocenters. The summed E-state index contributed by atoms with van der Waals surface area (Å²) in [6.45, 7) is 2.10. The molecule has 0 fully saturated rings. The number of H-pyrrole nitrogens is 1. The Balaban J connectivity index is 0.000000169. The molecular weight excluding hydrogens is 356 g/mol. The molecule has 29 heavy (non-hydrogen) atoms. The van der Waals surface area contributed by atoms with Gasteiger partial charge >= 0.3 is 0 Å². The number of anilines is 2. The lowest BCUT2D eigenvalue weighted by Gasteiger charge is -2.00. The van der Waals surface area contributed by atoms with Crippen LogP contribution in [-0.2, 0) is 6.42 Å². The molecule has 146 valence electrons. The zero-order valence-electron chi connectivity index (χ0n) is 16.5. The predicted molar refractivity (Wildman–Crippen MR) is 123 cm³/mol. The first-order chi connectivity index (χ1) is 14.1. The zero-order chi connectivity index (χ0) is 20.5. The minimum Gasteiger partial charge on any atom is -0.397 e. The molecule has 0 aliphatic heterocycles. The summed E-state index contributed by atoms with van der Waals surface area (Å²) in [7, 11) is 0. The maximum absolute atomic E-state index is 5.73. The van der Waals surface area contributed by atoms with E-state index in [1.54, 1.807) is 0 Å². The number of hydrogen-bond donors (Lipinski definition) is 3. The van der Waals surface area contributed by atoms with Gasteiger partial charge < -0.3 is 11.5 Å². The number of nitrogens with two attached hydrogens (primary N) is 2. The first-order valence-electron chi connectivity index (χ1n) is 9.52. The molecule has 0 aliphatic carbocycles. The summed E-state index contributed by atoms with van der Waals surface area (Å²) in [5.74, 6) is 0. The fourth-order valence-electron chi connectivity index (χ4n) is 2.76. The quantitative estimate of drug-likeness (QED) is 0.330. The maximum Gasteiger partial charge on any atom is 0.0665 e. The van der Waals surface area contributed by atoms with Gasteiger partial charge in [-0.15, -0.1) is 0 Å². The summed E-state index contributed by atoms with van der Waals surface area (Å²) in [6.07, 6.45) is 6.82. The van der Waals surface area contributed by atoms with Crippen LogP contribution in [0, 0.1) is 6.92 Å². The van der Waals surface area contributed by atoms with Crippen LogP contribution in [0.4, 0.5) is 11.4 Å². The van der Waals surface area contributed by atoms with E-state index < -0.39 is 0 Å². The van der Waals surface area contributed by atoms with Crippen LogP contribution < -0.4 is 11.5 Å². The molecule has 1 aromatic heterocycles. The molecule has 4 heteroatoms. The Morgan fingerprint density at radius 2 is 1.52 bits per heavy atom. The van der Waals surface area contributed by atoms with Gasteiger partial charge in [-0.05, 0) is 41.8 Å². The highest BCUT2D eigenvalue weighted by Crippen LogP contribution is 2.17. The third kappa shape index (κ3) is 6.40. The molecule has 0 saturated carbocycles. The molecule has 3 aromatic carbocycles. The SMILES string of the molecule is Cc1ccc(Cc2cc[nH]n2)cc1.Nc1ccc(C=Cc2ccccc2)cc1N. The van der Waals surface area contributed by atoms with Crippen molar-refractivity contribution >= 4 is 23.5 Å². The highest BCUT2D eigenvalue weighted by molar-refractivity contribution is 5.74. The molecule has 0 bridgehead atoms. The third-order valence-electron chi connectivity index (χ3n) is 4.44. The summed E-state index contributed by atoms with van der Waals surface area (Å²) in [5.41, 5.74) is 18.5. The van der Waals surface area contributed by atoms with Crippen LogP contribution in [0.1, 0.15) is 27.9 Å². The number of hydrogen-bond acceptors (Lipinski definition) is 3. The van der Waals surface area contributed by atoms with Crippen LogP contribution in [-0.4, -0.2) is 10.2 Å². The van der Waals surface area contributed by atoms with Gasteiger partial charge in [-0.25, -0.2) is 0 Å². The van der Waals surface area contributed by atoms with E-state index in [1.165, 1.54) is 11.1 Å². The van der Waals surface area contributed by atoms with Gasteiger partial charge in [0.15, 0.2) is 0 Å². The van der Waals surface area contributed by atoms with Crippen LogP contribution in [0.3, 0.4) is 0 Å². The van der Waals surface area contributed by atoms with E-state index in [0.29, 0.717) is 11.4 Å². The summed E-state index contributed by atoms with van der Waals surface area (Å²) in [4.78, 5) is 0. The zero-order valence-corrected chi connectivity index (χ0v) is 16.5. The van der Waals surface area contributed by atoms with Crippen LogP contribution in [0.15, 0.2) is 85.1 Å². The van der Waals surface area contributed by atoms with Gasteiger partial charge in [0.05, 0.1) is 17.1 Å². The second-order valence-corrected chi connectivity index (χ2v) is 6.86. The first kappa shape index (κ1) is 20.0. The standard InChI is InChI=1S/C14H14N2.C11H12N2/c15-13-9-8-12(10-14(13)16)7-6-11-4-2-1-3-5-11;1-9-2-4-10(5-3-9)8-11-6-7-12-13-11/h1-10H,15-16H2;2-7H,8H2,1H3,(H,12,13). The Labute approximate surface area is 171 Å². The van der Waals surface area contributed by atoms with Gasteiger partial charge in [-0.1, -0.05) is 78.4 Å². The minimum atomic E-state index is 0.621. The van der Waals surface area contributed by atoms with Crippen molar-refractivity contribution in [2.24, 2.45) is 0 Å². The van der Waals surface area contributed by atoms with Crippen molar-refractivity contribution in [3.63, 3.8) is 0 Å². The molecule has 4 nitrogen and oxygen atoms in total. The van der Waals surface area contributed by atoms with Gasteiger partial charge in [0.25, 0.3) is 0 Å². The van der Waals surface area contributed by atoms with Crippen LogP contribution in [0.5, 0.6) is 0 Å². The van der Waals surface area contributed by atoms with Gasteiger partial charge in [0, 0.05) is 12.6 Å². The topological polar surface area (TPSA) is 80.7 Å². The molecule has 0 saturated heterocycles. The Hall–Kier alpha value is -3.79. The number of nitrogens with zero attached hydrogens (tertiary/aromatic N) is 1. The normalized spacial score (nSPS) is 10.5. The number of aromatic amines is 1. The Morgan fingerprint density at radius 3 is 2.17 bits per heavy atom. The molecule has 4 rings (SSSR count). The number of nitrogens with one attached hydrogen (secondary N) is 1. The van der Waals surface area contributed by atoms with Crippen molar-refractivity contribution in [1.29, 1.82) is 0 Å².